The van der Waals surface area contributed by atoms with Gasteiger partial charge in [0.15, 0.2) is 5.58 Å². The second-order valence-corrected chi connectivity index (χ2v) is 11.2. The number of aliphatic carboxylic acids is 1. The van der Waals surface area contributed by atoms with Crippen LogP contribution in [0.5, 0.6) is 5.75 Å². The largest absolute Gasteiger partial charge is 0.489 e. The maximum atomic E-state index is 12.2. The number of aromatic nitrogens is 1. The minimum Gasteiger partial charge on any atom is -0.489 e. The molecule has 0 bridgehead atoms. The molecular formula is C27H34N2O4. The summed E-state index contributed by atoms with van der Waals surface area (Å²) in [5.74, 6) is 0.568. The van der Waals surface area contributed by atoms with Gasteiger partial charge in [0, 0.05) is 18.5 Å². The van der Waals surface area contributed by atoms with Crippen LogP contribution in [0.3, 0.4) is 0 Å². The van der Waals surface area contributed by atoms with Crippen LogP contribution in [0.1, 0.15) is 70.2 Å². The third kappa shape index (κ3) is 5.22. The van der Waals surface area contributed by atoms with Gasteiger partial charge in [-0.3, -0.25) is 9.69 Å². The van der Waals surface area contributed by atoms with E-state index in [1.807, 2.05) is 36.4 Å². The summed E-state index contributed by atoms with van der Waals surface area (Å²) in [7, 11) is 0. The first-order chi connectivity index (χ1) is 15.4. The molecule has 33 heavy (non-hydrogen) atoms. The van der Waals surface area contributed by atoms with Crippen molar-refractivity contribution in [1.82, 2.24) is 9.88 Å². The Morgan fingerprint density at radius 1 is 1.15 bits per heavy atom. The highest BCUT2D eigenvalue weighted by atomic mass is 16.5. The zero-order valence-corrected chi connectivity index (χ0v) is 20.4. The molecular weight excluding hydrogens is 416 g/mol. The van der Waals surface area contributed by atoms with E-state index in [2.05, 4.69) is 51.4 Å². The van der Waals surface area contributed by atoms with Crippen LogP contribution < -0.4 is 4.74 Å². The minimum absolute atomic E-state index is 0.0194. The highest BCUT2D eigenvalue weighted by molar-refractivity contribution is 5.77. The summed E-state index contributed by atoms with van der Waals surface area (Å²) in [6, 6.07) is 11.1. The Morgan fingerprint density at radius 3 is 2.58 bits per heavy atom. The summed E-state index contributed by atoms with van der Waals surface area (Å²) in [6.07, 6.45) is 0.841. The van der Waals surface area contributed by atoms with Gasteiger partial charge < -0.3 is 14.3 Å². The van der Waals surface area contributed by atoms with Crippen LogP contribution >= 0.6 is 0 Å². The van der Waals surface area contributed by atoms with Crippen LogP contribution in [-0.4, -0.2) is 34.0 Å². The van der Waals surface area contributed by atoms with Gasteiger partial charge in [0.05, 0.1) is 0 Å². The zero-order valence-electron chi connectivity index (χ0n) is 20.4. The van der Waals surface area contributed by atoms with E-state index in [0.29, 0.717) is 18.2 Å². The highest BCUT2D eigenvalue weighted by Gasteiger charge is 2.35. The molecule has 0 saturated heterocycles. The molecule has 1 unspecified atom stereocenters. The van der Waals surface area contributed by atoms with Crippen molar-refractivity contribution in [1.29, 1.82) is 0 Å². The SMILES string of the molecule is CC(C)(C)CN1CCc2ccc(OCc3ccc4nc(C(C)(C)C)oc4c3)cc2C1C(=O)O. The molecule has 0 spiro atoms. The lowest BCUT2D eigenvalue weighted by molar-refractivity contribution is -0.144. The van der Waals surface area contributed by atoms with E-state index in [4.69, 9.17) is 9.15 Å². The summed E-state index contributed by atoms with van der Waals surface area (Å²) in [6.45, 7) is 14.5. The summed E-state index contributed by atoms with van der Waals surface area (Å²) in [5, 5.41) is 10.0. The Balaban J connectivity index is 1.54. The van der Waals surface area contributed by atoms with Crippen molar-refractivity contribution in [2.24, 2.45) is 5.41 Å². The molecule has 6 nitrogen and oxygen atoms in total. The number of oxazole rings is 1. The van der Waals surface area contributed by atoms with E-state index in [9.17, 15) is 9.90 Å². The number of fused-ring (bicyclic) bond motifs is 2. The van der Waals surface area contributed by atoms with Gasteiger partial charge in [-0.2, -0.15) is 0 Å². The van der Waals surface area contributed by atoms with E-state index in [1.165, 1.54) is 0 Å². The molecule has 0 radical (unpaired) electrons. The lowest BCUT2D eigenvalue weighted by Gasteiger charge is -2.38. The topological polar surface area (TPSA) is 75.8 Å². The first-order valence-electron chi connectivity index (χ1n) is 11.5. The number of carboxylic acid groups (broad SMARTS) is 1. The molecule has 1 atom stereocenters. The number of benzene rings is 2. The van der Waals surface area contributed by atoms with E-state index < -0.39 is 12.0 Å². The van der Waals surface area contributed by atoms with Crippen LogP contribution in [0.4, 0.5) is 0 Å². The Labute approximate surface area is 195 Å². The maximum Gasteiger partial charge on any atom is 0.325 e. The van der Waals surface area contributed by atoms with E-state index in [0.717, 1.165) is 47.3 Å². The quantitative estimate of drug-likeness (QED) is 0.535. The predicted molar refractivity (Wildman–Crippen MR) is 129 cm³/mol. The summed E-state index contributed by atoms with van der Waals surface area (Å²) in [4.78, 5) is 18.9. The van der Waals surface area contributed by atoms with Crippen LogP contribution in [0.15, 0.2) is 40.8 Å². The molecule has 0 saturated carbocycles. The summed E-state index contributed by atoms with van der Waals surface area (Å²) < 4.78 is 12.0. The highest BCUT2D eigenvalue weighted by Crippen LogP contribution is 2.35. The van der Waals surface area contributed by atoms with E-state index in [-0.39, 0.29) is 10.8 Å². The summed E-state index contributed by atoms with van der Waals surface area (Å²) >= 11 is 0. The Kier molecular flexibility index (Phi) is 5.99. The number of carboxylic acids is 1. The van der Waals surface area contributed by atoms with Crippen LogP contribution in [0, 0.1) is 5.41 Å². The second kappa shape index (κ2) is 8.49. The van der Waals surface area contributed by atoms with Crippen LogP contribution in [0.25, 0.3) is 11.1 Å². The fourth-order valence-corrected chi connectivity index (χ4v) is 4.35. The Hall–Kier alpha value is -2.86. The molecule has 4 rings (SSSR count). The average molecular weight is 451 g/mol. The number of hydrogen-bond donors (Lipinski definition) is 1. The summed E-state index contributed by atoms with van der Waals surface area (Å²) in [5.41, 5.74) is 4.33. The van der Waals surface area contributed by atoms with Gasteiger partial charge in [-0.15, -0.1) is 0 Å². The lowest BCUT2D eigenvalue weighted by Crippen LogP contribution is -2.43. The average Bonchev–Trinajstić information content (AvgIpc) is 3.14. The molecule has 3 aromatic rings. The third-order valence-corrected chi connectivity index (χ3v) is 5.86. The molecule has 0 aliphatic carbocycles. The first kappa shape index (κ1) is 23.3. The standard InChI is InChI=1S/C27H34N2O4/c1-26(2,3)16-29-12-11-18-8-9-19(14-20(18)23(29)24(30)31)32-15-17-7-10-21-22(13-17)33-25(28-21)27(4,5)6/h7-10,13-14,23H,11-12,15-16H2,1-6H3,(H,30,31). The Bertz CT molecular complexity index is 1170. The molecule has 6 heteroatoms. The molecule has 1 aliphatic heterocycles. The molecule has 176 valence electrons. The predicted octanol–water partition coefficient (Wildman–Crippen LogP) is 5.73. The molecule has 1 N–H and O–H groups in total. The van der Waals surface area contributed by atoms with Crippen LogP contribution in [-0.2, 0) is 23.2 Å². The van der Waals surface area contributed by atoms with Gasteiger partial charge in [-0.05, 0) is 52.8 Å². The van der Waals surface area contributed by atoms with E-state index >= 15 is 0 Å². The van der Waals surface area contributed by atoms with Crippen molar-refractivity contribution < 1.29 is 19.1 Å². The molecule has 1 aliphatic rings. The molecule has 0 amide bonds. The Morgan fingerprint density at radius 2 is 1.91 bits per heavy atom. The smallest absolute Gasteiger partial charge is 0.325 e. The van der Waals surface area contributed by atoms with Crippen molar-refractivity contribution in [2.75, 3.05) is 13.1 Å². The van der Waals surface area contributed by atoms with Gasteiger partial charge in [0.2, 0.25) is 5.89 Å². The van der Waals surface area contributed by atoms with Crippen molar-refractivity contribution in [3.63, 3.8) is 0 Å². The van der Waals surface area contributed by atoms with Gasteiger partial charge >= 0.3 is 5.97 Å². The molecule has 2 heterocycles. The van der Waals surface area contributed by atoms with Gasteiger partial charge in [0.1, 0.15) is 23.9 Å². The molecule has 2 aromatic carbocycles. The zero-order chi connectivity index (χ0) is 24.0. The third-order valence-electron chi connectivity index (χ3n) is 5.86. The van der Waals surface area contributed by atoms with Crippen molar-refractivity contribution >= 4 is 17.1 Å². The van der Waals surface area contributed by atoms with Crippen molar-refractivity contribution in [3.8, 4) is 5.75 Å². The molecule has 0 fully saturated rings. The first-order valence-corrected chi connectivity index (χ1v) is 11.5. The minimum atomic E-state index is -0.817. The number of hydrogen-bond acceptors (Lipinski definition) is 5. The fourth-order valence-electron chi connectivity index (χ4n) is 4.35. The van der Waals surface area contributed by atoms with E-state index in [1.54, 1.807) is 0 Å². The monoisotopic (exact) mass is 450 g/mol. The fraction of sp³-hybridized carbons (Fsp3) is 0.481. The number of rotatable bonds is 5. The lowest BCUT2D eigenvalue weighted by atomic mass is 9.88. The maximum absolute atomic E-state index is 12.2. The van der Waals surface area contributed by atoms with Crippen molar-refractivity contribution in [3.05, 3.63) is 59.0 Å². The van der Waals surface area contributed by atoms with Gasteiger partial charge in [-0.25, -0.2) is 4.98 Å². The molecule has 1 aromatic heterocycles. The van der Waals surface area contributed by atoms with Crippen LogP contribution in [0.2, 0.25) is 0 Å². The number of ether oxygens (including phenoxy) is 1. The van der Waals surface area contributed by atoms with Gasteiger partial charge in [0.25, 0.3) is 0 Å². The number of carbonyl (C=O) groups is 1. The van der Waals surface area contributed by atoms with Gasteiger partial charge in [-0.1, -0.05) is 53.7 Å². The van der Waals surface area contributed by atoms with Crippen molar-refractivity contribution in [2.45, 2.75) is 66.0 Å². The normalized spacial score (nSPS) is 17.2. The second-order valence-electron chi connectivity index (χ2n) is 11.2. The number of nitrogens with zero attached hydrogens (tertiary/aromatic N) is 2.